The van der Waals surface area contributed by atoms with Crippen LogP contribution in [-0.4, -0.2) is 78.7 Å². The van der Waals surface area contributed by atoms with Gasteiger partial charge in [0.1, 0.15) is 18.5 Å². The van der Waals surface area contributed by atoms with Gasteiger partial charge in [0.15, 0.2) is 12.0 Å². The van der Waals surface area contributed by atoms with Crippen LogP contribution in [0.1, 0.15) is 6.42 Å². The van der Waals surface area contributed by atoms with E-state index in [-0.39, 0.29) is 12.3 Å². The van der Waals surface area contributed by atoms with Crippen molar-refractivity contribution in [1.29, 1.82) is 0 Å². The zero-order valence-electron chi connectivity index (χ0n) is 15.1. The van der Waals surface area contributed by atoms with Crippen LogP contribution >= 0.6 is 23.5 Å². The Morgan fingerprint density at radius 2 is 1.87 bits per heavy atom. The number of nitrogens with two attached hydrogens (primary N) is 1. The maximum Gasteiger partial charge on any atom is 0.490 e. The summed E-state index contributed by atoms with van der Waals surface area (Å²) in [6.07, 6.45) is -1.89. The van der Waals surface area contributed by atoms with E-state index < -0.39 is 54.5 Å². The van der Waals surface area contributed by atoms with E-state index in [0.717, 1.165) is 12.0 Å². The van der Waals surface area contributed by atoms with E-state index in [2.05, 4.69) is 18.1 Å². The Labute approximate surface area is 168 Å². The number of hydrogen-bond acceptors (Lipinski definition) is 13. The summed E-state index contributed by atoms with van der Waals surface area (Å²) in [5, 5.41) is 20.2. The van der Waals surface area contributed by atoms with Crippen LogP contribution in [0.5, 0.6) is 0 Å². The fourth-order valence-electron chi connectivity index (χ4n) is 2.49. The molecule has 0 aliphatic carbocycles. The summed E-state index contributed by atoms with van der Waals surface area (Å²) in [6, 6.07) is 0. The molecule has 0 aromatic heterocycles. The lowest BCUT2D eigenvalue weighted by atomic mass is 10.1. The van der Waals surface area contributed by atoms with E-state index in [4.69, 9.17) is 29.9 Å². The third-order valence-corrected chi connectivity index (χ3v) is 7.45. The van der Waals surface area contributed by atoms with E-state index in [1.54, 1.807) is 0 Å². The van der Waals surface area contributed by atoms with E-state index >= 15 is 0 Å². The lowest BCUT2D eigenvalue weighted by molar-refractivity contribution is -0.255. The molecule has 1 fully saturated rings. The second-order valence-electron chi connectivity index (χ2n) is 5.92. The number of hydrogen-bond donors (Lipinski definition) is 7. The summed E-state index contributed by atoms with van der Waals surface area (Å²) in [7, 11) is -15.6. The van der Waals surface area contributed by atoms with Crippen LogP contribution in [0.25, 0.3) is 0 Å². The van der Waals surface area contributed by atoms with Gasteiger partial charge in [0.25, 0.3) is 0 Å². The monoisotopic (exact) mass is 499 g/mol. The lowest BCUT2D eigenvalue weighted by Crippen LogP contribution is -2.47. The van der Waals surface area contributed by atoms with Gasteiger partial charge in [-0.05, 0) is 6.08 Å². The van der Waals surface area contributed by atoms with Gasteiger partial charge in [0, 0.05) is 19.7 Å². The van der Waals surface area contributed by atoms with Gasteiger partial charge in [0.05, 0.1) is 0 Å². The standard InChI is InChI=1S/C10H20N3O14P3/c1-23-10(5-24-29(19,20)27-30(21,22)26-28(16,17)18)4-6(14)8(25-10)13-3-2-7(11)12-9(13)15/h2-3,6,8-9,14-15H,4-5H2,1H3,(H2,11,12)(H,19,20)(H,21,22)(H2,16,17,18). The second kappa shape index (κ2) is 9.02. The van der Waals surface area contributed by atoms with Gasteiger partial charge in [0.2, 0.25) is 6.35 Å². The molecule has 8 N–H and O–H groups in total. The first-order chi connectivity index (χ1) is 13.6. The number of rotatable bonds is 9. The van der Waals surface area contributed by atoms with Gasteiger partial charge in [-0.15, -0.1) is 0 Å². The molecule has 2 aliphatic rings. The van der Waals surface area contributed by atoms with Crippen molar-refractivity contribution in [2.45, 2.75) is 30.9 Å². The van der Waals surface area contributed by atoms with Crippen LogP contribution in [-0.2, 0) is 36.3 Å². The minimum Gasteiger partial charge on any atom is -0.388 e. The van der Waals surface area contributed by atoms with Crippen molar-refractivity contribution < 1.29 is 66.1 Å². The molecule has 6 unspecified atom stereocenters. The Hall–Kier alpha value is -0.740. The third kappa shape index (κ3) is 6.88. The SMILES string of the molecule is COC1(COP(=O)(O)OP(=O)(O)OP(=O)(O)O)CC(O)C(N2C=CC(N)=NC2O)O1. The van der Waals surface area contributed by atoms with Gasteiger partial charge < -0.3 is 49.9 Å². The first-order valence-electron chi connectivity index (χ1n) is 7.73. The van der Waals surface area contributed by atoms with E-state index in [9.17, 15) is 28.8 Å². The predicted octanol–water partition coefficient (Wildman–Crippen LogP) is -1.76. The molecule has 0 aromatic carbocycles. The first kappa shape index (κ1) is 25.5. The number of nitrogens with zero attached hydrogens (tertiary/aromatic N) is 2. The fourth-order valence-corrected chi connectivity index (χ4v) is 5.55. The summed E-state index contributed by atoms with van der Waals surface area (Å²) >= 11 is 0. The quantitative estimate of drug-likeness (QED) is 0.173. The molecular formula is C10H20N3O14P3. The van der Waals surface area contributed by atoms with Crippen LogP contribution in [0.4, 0.5) is 0 Å². The normalized spacial score (nSPS) is 33.8. The summed E-state index contributed by atoms with van der Waals surface area (Å²) < 4.78 is 56.1. The summed E-state index contributed by atoms with van der Waals surface area (Å²) in [5.74, 6) is -1.88. The number of phosphoric ester groups is 1. The smallest absolute Gasteiger partial charge is 0.388 e. The van der Waals surface area contributed by atoms with Crippen molar-refractivity contribution in [3.63, 3.8) is 0 Å². The fraction of sp³-hybridized carbons (Fsp3) is 0.700. The van der Waals surface area contributed by atoms with Crippen molar-refractivity contribution in [3.8, 4) is 0 Å². The highest BCUT2D eigenvalue weighted by atomic mass is 31.3. The molecular weight excluding hydrogens is 479 g/mol. The molecule has 0 aromatic rings. The van der Waals surface area contributed by atoms with Gasteiger partial charge in [-0.25, -0.2) is 18.7 Å². The number of ether oxygens (including phenoxy) is 2. The summed E-state index contributed by atoms with van der Waals surface area (Å²) in [4.78, 5) is 40.4. The molecule has 1 saturated heterocycles. The summed E-state index contributed by atoms with van der Waals surface area (Å²) in [5.41, 5.74) is 5.44. The van der Waals surface area contributed by atoms with Crippen LogP contribution in [0.2, 0.25) is 0 Å². The minimum absolute atomic E-state index is 0.0110. The third-order valence-electron chi connectivity index (χ3n) is 3.66. The minimum atomic E-state index is -5.70. The zero-order valence-corrected chi connectivity index (χ0v) is 17.7. The molecule has 0 saturated carbocycles. The molecule has 2 aliphatic heterocycles. The Kier molecular flexibility index (Phi) is 7.67. The molecule has 30 heavy (non-hydrogen) atoms. The highest BCUT2D eigenvalue weighted by molar-refractivity contribution is 7.66. The lowest BCUT2D eigenvalue weighted by Gasteiger charge is -2.34. The van der Waals surface area contributed by atoms with Crippen molar-refractivity contribution in [2.24, 2.45) is 10.7 Å². The number of methoxy groups -OCH3 is 1. The van der Waals surface area contributed by atoms with Gasteiger partial charge in [-0.2, -0.15) is 8.62 Å². The average Bonchev–Trinajstić information content (AvgIpc) is 2.87. The molecule has 0 radical (unpaired) electrons. The van der Waals surface area contributed by atoms with Gasteiger partial charge >= 0.3 is 23.5 Å². The largest absolute Gasteiger partial charge is 0.490 e. The van der Waals surface area contributed by atoms with Gasteiger partial charge in [-0.3, -0.25) is 4.52 Å². The van der Waals surface area contributed by atoms with Crippen LogP contribution in [0, 0.1) is 0 Å². The number of phosphoric acid groups is 3. The maximum absolute atomic E-state index is 11.9. The van der Waals surface area contributed by atoms with Crippen molar-refractivity contribution in [3.05, 3.63) is 12.3 Å². The number of aliphatic imine (C=N–C) groups is 1. The number of amidine groups is 1. The number of aliphatic hydroxyl groups is 2. The highest BCUT2D eigenvalue weighted by Crippen LogP contribution is 2.66. The Bertz CT molecular complexity index is 845. The van der Waals surface area contributed by atoms with Crippen LogP contribution in [0.3, 0.4) is 0 Å². The summed E-state index contributed by atoms with van der Waals surface area (Å²) in [6.45, 7) is -0.959. The maximum atomic E-state index is 11.9. The van der Waals surface area contributed by atoms with Crippen LogP contribution in [0.15, 0.2) is 17.3 Å². The van der Waals surface area contributed by atoms with Crippen molar-refractivity contribution >= 4 is 29.3 Å². The van der Waals surface area contributed by atoms with E-state index in [1.807, 2.05) is 0 Å². The first-order valence-corrected chi connectivity index (χ1v) is 12.3. The molecule has 6 atom stereocenters. The molecule has 0 spiro atoms. The molecule has 174 valence electrons. The predicted molar refractivity (Wildman–Crippen MR) is 93.7 cm³/mol. The van der Waals surface area contributed by atoms with Gasteiger partial charge in [-0.1, -0.05) is 0 Å². The Balaban J connectivity index is 2.06. The van der Waals surface area contributed by atoms with Crippen molar-refractivity contribution in [2.75, 3.05) is 13.7 Å². The zero-order chi connectivity index (χ0) is 23.0. The molecule has 2 heterocycles. The Morgan fingerprint density at radius 1 is 1.23 bits per heavy atom. The topological polar surface area (TPSA) is 260 Å². The molecule has 20 heteroatoms. The number of aliphatic hydroxyl groups excluding tert-OH is 2. The van der Waals surface area contributed by atoms with Crippen molar-refractivity contribution in [1.82, 2.24) is 4.90 Å². The molecule has 2 rings (SSSR count). The van der Waals surface area contributed by atoms with Crippen LogP contribution < -0.4 is 5.73 Å². The molecule has 17 nitrogen and oxygen atoms in total. The molecule has 0 amide bonds. The highest BCUT2D eigenvalue weighted by Gasteiger charge is 2.51. The van der Waals surface area contributed by atoms with E-state index in [1.165, 1.54) is 12.3 Å². The second-order valence-corrected chi connectivity index (χ2v) is 10.3. The van der Waals surface area contributed by atoms with E-state index in [0.29, 0.717) is 0 Å². The Morgan fingerprint density at radius 3 is 2.40 bits per heavy atom. The average molecular weight is 499 g/mol. The molecule has 0 bridgehead atoms.